The number of benzene rings is 1. The molecule has 2 N–H and O–H groups in total. The largest absolute Gasteiger partial charge is 0.396 e. The molecule has 15 heavy (non-hydrogen) atoms. The van der Waals surface area contributed by atoms with Crippen molar-refractivity contribution in [3.63, 3.8) is 0 Å². The first kappa shape index (κ1) is 12.2. The number of halogens is 1. The summed E-state index contributed by atoms with van der Waals surface area (Å²) >= 11 is 3.31. The standard InChI is InChI=1S/C11H14BrNO2/c1-8(6-7-14)13-11(15)9-2-4-10(12)5-3-9/h2-5,8,14H,6-7H2,1H3,(H,13,15). The summed E-state index contributed by atoms with van der Waals surface area (Å²) in [5.74, 6) is -0.108. The lowest BCUT2D eigenvalue weighted by molar-refractivity contribution is 0.0934. The van der Waals surface area contributed by atoms with Crippen LogP contribution in [0, 0.1) is 0 Å². The minimum Gasteiger partial charge on any atom is -0.396 e. The van der Waals surface area contributed by atoms with Crippen LogP contribution in [0.25, 0.3) is 0 Å². The van der Waals surface area contributed by atoms with Gasteiger partial charge < -0.3 is 10.4 Å². The second kappa shape index (κ2) is 5.88. The second-order valence-corrected chi connectivity index (χ2v) is 4.31. The zero-order valence-electron chi connectivity index (χ0n) is 8.53. The Kier molecular flexibility index (Phi) is 4.78. The van der Waals surface area contributed by atoms with Gasteiger partial charge in [0.25, 0.3) is 5.91 Å². The van der Waals surface area contributed by atoms with Crippen molar-refractivity contribution in [1.29, 1.82) is 0 Å². The van der Waals surface area contributed by atoms with E-state index in [0.717, 1.165) is 4.47 Å². The molecule has 0 fully saturated rings. The average Bonchev–Trinajstić information content (AvgIpc) is 2.18. The molecular weight excluding hydrogens is 258 g/mol. The highest BCUT2D eigenvalue weighted by Gasteiger charge is 2.08. The first-order valence-electron chi connectivity index (χ1n) is 4.80. The van der Waals surface area contributed by atoms with Crippen molar-refractivity contribution in [3.8, 4) is 0 Å². The highest BCUT2D eigenvalue weighted by Crippen LogP contribution is 2.10. The van der Waals surface area contributed by atoms with Gasteiger partial charge in [-0.05, 0) is 37.6 Å². The summed E-state index contributed by atoms with van der Waals surface area (Å²) in [4.78, 5) is 11.6. The summed E-state index contributed by atoms with van der Waals surface area (Å²) in [5.41, 5.74) is 0.628. The molecule has 3 nitrogen and oxygen atoms in total. The first-order chi connectivity index (χ1) is 7.13. The summed E-state index contributed by atoms with van der Waals surface area (Å²) in [7, 11) is 0. The maximum atomic E-state index is 11.6. The fourth-order valence-corrected chi connectivity index (χ4v) is 1.44. The Morgan fingerprint density at radius 2 is 2.07 bits per heavy atom. The SMILES string of the molecule is CC(CCO)NC(=O)c1ccc(Br)cc1. The molecule has 1 unspecified atom stereocenters. The van der Waals surface area contributed by atoms with Crippen LogP contribution in [0.3, 0.4) is 0 Å². The Morgan fingerprint density at radius 3 is 2.60 bits per heavy atom. The molecular formula is C11H14BrNO2. The van der Waals surface area contributed by atoms with E-state index in [9.17, 15) is 4.79 Å². The predicted molar refractivity (Wildman–Crippen MR) is 62.8 cm³/mol. The summed E-state index contributed by atoms with van der Waals surface area (Å²) < 4.78 is 0.947. The molecule has 0 aliphatic heterocycles. The number of aliphatic hydroxyl groups excluding tert-OH is 1. The molecule has 0 bridgehead atoms. The molecule has 1 atom stereocenters. The van der Waals surface area contributed by atoms with Gasteiger partial charge in [-0.3, -0.25) is 4.79 Å². The number of hydrogen-bond acceptors (Lipinski definition) is 2. The van der Waals surface area contributed by atoms with Crippen LogP contribution in [0.1, 0.15) is 23.7 Å². The fourth-order valence-electron chi connectivity index (χ4n) is 1.17. The van der Waals surface area contributed by atoms with Crippen molar-refractivity contribution in [3.05, 3.63) is 34.3 Å². The molecule has 1 aromatic carbocycles. The van der Waals surface area contributed by atoms with E-state index in [1.54, 1.807) is 12.1 Å². The summed E-state index contributed by atoms with van der Waals surface area (Å²) in [5, 5.41) is 11.5. The Balaban J connectivity index is 2.57. The zero-order chi connectivity index (χ0) is 11.3. The van der Waals surface area contributed by atoms with E-state index in [1.807, 2.05) is 19.1 Å². The summed E-state index contributed by atoms with van der Waals surface area (Å²) in [6.45, 7) is 1.95. The van der Waals surface area contributed by atoms with E-state index >= 15 is 0 Å². The van der Waals surface area contributed by atoms with Gasteiger partial charge in [-0.15, -0.1) is 0 Å². The quantitative estimate of drug-likeness (QED) is 0.880. The van der Waals surface area contributed by atoms with Gasteiger partial charge in [0.1, 0.15) is 0 Å². The molecule has 1 rings (SSSR count). The lowest BCUT2D eigenvalue weighted by Gasteiger charge is -2.12. The number of hydrogen-bond donors (Lipinski definition) is 2. The van der Waals surface area contributed by atoms with Gasteiger partial charge >= 0.3 is 0 Å². The lowest BCUT2D eigenvalue weighted by Crippen LogP contribution is -2.33. The van der Waals surface area contributed by atoms with Crippen LogP contribution < -0.4 is 5.32 Å². The van der Waals surface area contributed by atoms with Crippen LogP contribution in [0.2, 0.25) is 0 Å². The van der Waals surface area contributed by atoms with Crippen LogP contribution in [-0.2, 0) is 0 Å². The van der Waals surface area contributed by atoms with Crippen LogP contribution in [0.15, 0.2) is 28.7 Å². The number of nitrogens with one attached hydrogen (secondary N) is 1. The molecule has 1 amide bonds. The van der Waals surface area contributed by atoms with Gasteiger partial charge in [0, 0.05) is 22.7 Å². The van der Waals surface area contributed by atoms with Crippen molar-refractivity contribution in [2.24, 2.45) is 0 Å². The molecule has 0 aromatic heterocycles. The van der Waals surface area contributed by atoms with E-state index in [4.69, 9.17) is 5.11 Å². The van der Waals surface area contributed by atoms with Crippen molar-refractivity contribution in [2.45, 2.75) is 19.4 Å². The number of carbonyl (C=O) groups excluding carboxylic acids is 1. The van der Waals surface area contributed by atoms with Gasteiger partial charge in [-0.25, -0.2) is 0 Å². The van der Waals surface area contributed by atoms with Gasteiger partial charge in [0.2, 0.25) is 0 Å². The minimum absolute atomic E-state index is 0.00820. The highest BCUT2D eigenvalue weighted by molar-refractivity contribution is 9.10. The summed E-state index contributed by atoms with van der Waals surface area (Å²) in [6.07, 6.45) is 0.572. The molecule has 0 saturated carbocycles. The molecule has 82 valence electrons. The minimum atomic E-state index is -0.108. The number of amides is 1. The lowest BCUT2D eigenvalue weighted by atomic mass is 10.2. The highest BCUT2D eigenvalue weighted by atomic mass is 79.9. The third-order valence-corrected chi connectivity index (χ3v) is 2.57. The average molecular weight is 272 g/mol. The number of carbonyl (C=O) groups is 1. The van der Waals surface area contributed by atoms with Gasteiger partial charge in [-0.1, -0.05) is 15.9 Å². The molecule has 0 radical (unpaired) electrons. The van der Waals surface area contributed by atoms with Crippen molar-refractivity contribution < 1.29 is 9.90 Å². The normalized spacial score (nSPS) is 12.2. The van der Waals surface area contributed by atoms with E-state index < -0.39 is 0 Å². The van der Waals surface area contributed by atoms with E-state index in [2.05, 4.69) is 21.2 Å². The molecule has 0 heterocycles. The smallest absolute Gasteiger partial charge is 0.251 e. The fraction of sp³-hybridized carbons (Fsp3) is 0.364. The molecule has 0 aliphatic carbocycles. The van der Waals surface area contributed by atoms with E-state index in [1.165, 1.54) is 0 Å². The Labute approximate surface area is 97.6 Å². The van der Waals surface area contributed by atoms with Gasteiger partial charge in [0.15, 0.2) is 0 Å². The Morgan fingerprint density at radius 1 is 1.47 bits per heavy atom. The van der Waals surface area contributed by atoms with Crippen LogP contribution in [0.4, 0.5) is 0 Å². The number of aliphatic hydroxyl groups is 1. The van der Waals surface area contributed by atoms with Crippen LogP contribution in [-0.4, -0.2) is 23.7 Å². The Bertz CT molecular complexity index is 324. The molecule has 4 heteroatoms. The van der Waals surface area contributed by atoms with E-state index in [0.29, 0.717) is 12.0 Å². The Hall–Kier alpha value is -0.870. The van der Waals surface area contributed by atoms with Gasteiger partial charge in [0.05, 0.1) is 0 Å². The topological polar surface area (TPSA) is 49.3 Å². The molecule has 0 aliphatic rings. The third kappa shape index (κ3) is 4.01. The predicted octanol–water partition coefficient (Wildman–Crippen LogP) is 1.95. The summed E-state index contributed by atoms with van der Waals surface area (Å²) in [6, 6.07) is 7.15. The molecule has 0 spiro atoms. The molecule has 0 saturated heterocycles. The van der Waals surface area contributed by atoms with Crippen molar-refractivity contribution >= 4 is 21.8 Å². The maximum absolute atomic E-state index is 11.6. The van der Waals surface area contributed by atoms with Crippen molar-refractivity contribution in [1.82, 2.24) is 5.32 Å². The second-order valence-electron chi connectivity index (χ2n) is 3.39. The van der Waals surface area contributed by atoms with Gasteiger partial charge in [-0.2, -0.15) is 0 Å². The van der Waals surface area contributed by atoms with Crippen molar-refractivity contribution in [2.75, 3.05) is 6.61 Å². The van der Waals surface area contributed by atoms with Crippen LogP contribution >= 0.6 is 15.9 Å². The molecule has 1 aromatic rings. The maximum Gasteiger partial charge on any atom is 0.251 e. The van der Waals surface area contributed by atoms with E-state index in [-0.39, 0.29) is 18.6 Å². The monoisotopic (exact) mass is 271 g/mol. The number of rotatable bonds is 4. The zero-order valence-corrected chi connectivity index (χ0v) is 10.1. The first-order valence-corrected chi connectivity index (χ1v) is 5.60. The third-order valence-electron chi connectivity index (χ3n) is 2.05. The van der Waals surface area contributed by atoms with Crippen LogP contribution in [0.5, 0.6) is 0 Å².